The van der Waals surface area contributed by atoms with E-state index in [9.17, 15) is 32.9 Å². The molecule has 11 heteroatoms. The summed E-state index contributed by atoms with van der Waals surface area (Å²) in [7, 11) is 0. The Kier molecular flexibility index (Phi) is 8.20. The molecule has 2 N–H and O–H groups in total. The van der Waals surface area contributed by atoms with Gasteiger partial charge in [-0.2, -0.15) is 13.2 Å². The second-order valence-corrected chi connectivity index (χ2v) is 6.43. The number of benzene rings is 1. The van der Waals surface area contributed by atoms with E-state index >= 15 is 0 Å². The molecule has 156 valence electrons. The van der Waals surface area contributed by atoms with Gasteiger partial charge >= 0.3 is 12.1 Å². The number of rotatable bonds is 9. The Hall–Kier alpha value is -2.85. The minimum absolute atomic E-state index is 0.120. The molecule has 0 radical (unpaired) electrons. The van der Waals surface area contributed by atoms with Crippen LogP contribution in [0.15, 0.2) is 18.2 Å². The predicted octanol–water partition coefficient (Wildman–Crippen LogP) is 3.12. The summed E-state index contributed by atoms with van der Waals surface area (Å²) in [5.41, 5.74) is -2.07. The zero-order valence-electron chi connectivity index (χ0n) is 15.6. The van der Waals surface area contributed by atoms with Gasteiger partial charge in [0.05, 0.1) is 16.9 Å². The fourth-order valence-electron chi connectivity index (χ4n) is 2.07. The van der Waals surface area contributed by atoms with Crippen molar-refractivity contribution in [1.29, 1.82) is 0 Å². The highest BCUT2D eigenvalue weighted by atomic mass is 19.4. The maximum Gasteiger partial charge on any atom is 0.416 e. The third kappa shape index (κ3) is 7.41. The fraction of sp³-hybridized carbons (Fsp3) is 0.529. The van der Waals surface area contributed by atoms with Crippen molar-refractivity contribution >= 4 is 23.3 Å². The Morgan fingerprint density at radius 3 is 2.43 bits per heavy atom. The van der Waals surface area contributed by atoms with E-state index in [1.807, 2.05) is 13.8 Å². The van der Waals surface area contributed by atoms with Crippen molar-refractivity contribution in [3.63, 3.8) is 0 Å². The predicted molar refractivity (Wildman–Crippen MR) is 94.6 cm³/mol. The number of amides is 1. The molecule has 1 atom stereocenters. The average Bonchev–Trinajstić information content (AvgIpc) is 2.58. The van der Waals surface area contributed by atoms with Crippen molar-refractivity contribution in [2.45, 2.75) is 39.5 Å². The number of alkyl halides is 3. The van der Waals surface area contributed by atoms with Crippen LogP contribution in [0, 0.1) is 16.0 Å². The van der Waals surface area contributed by atoms with Crippen molar-refractivity contribution in [2.75, 3.05) is 18.4 Å². The number of carbonyl (C=O) groups is 2. The first-order chi connectivity index (χ1) is 12.9. The molecule has 0 unspecified atom stereocenters. The van der Waals surface area contributed by atoms with Gasteiger partial charge in [0.1, 0.15) is 5.69 Å². The van der Waals surface area contributed by atoms with Crippen LogP contribution >= 0.6 is 0 Å². The Labute approximate surface area is 159 Å². The maximum atomic E-state index is 12.7. The molecule has 1 aromatic rings. The molecule has 0 aliphatic heterocycles. The van der Waals surface area contributed by atoms with Gasteiger partial charge in [0.15, 0.2) is 6.10 Å². The molecular weight excluding hydrogens is 383 g/mol. The normalized spacial score (nSPS) is 12.4. The summed E-state index contributed by atoms with van der Waals surface area (Å²) in [4.78, 5) is 33.5. The van der Waals surface area contributed by atoms with E-state index in [-0.39, 0.29) is 24.6 Å². The SMILES string of the molecule is CC(C)CNC(=O)[C@@H](C)OC(=O)CCNc1ccc(C(F)(F)F)cc1[N+](=O)[O-]. The van der Waals surface area contributed by atoms with Gasteiger partial charge < -0.3 is 15.4 Å². The molecule has 0 aromatic heterocycles. The summed E-state index contributed by atoms with van der Waals surface area (Å²) in [5, 5.41) is 16.1. The molecule has 1 rings (SSSR count). The van der Waals surface area contributed by atoms with Crippen LogP contribution in [0.4, 0.5) is 24.5 Å². The summed E-state index contributed by atoms with van der Waals surface area (Å²) in [6, 6.07) is 2.05. The number of nitro benzene ring substituents is 1. The van der Waals surface area contributed by atoms with Crippen LogP contribution in [0.3, 0.4) is 0 Å². The second kappa shape index (κ2) is 9.90. The maximum absolute atomic E-state index is 12.7. The van der Waals surface area contributed by atoms with Gasteiger partial charge in [0, 0.05) is 19.2 Å². The van der Waals surface area contributed by atoms with Crippen molar-refractivity contribution in [3.05, 3.63) is 33.9 Å². The number of carbonyl (C=O) groups excluding carboxylic acids is 2. The van der Waals surface area contributed by atoms with E-state index in [0.717, 1.165) is 6.07 Å². The lowest BCUT2D eigenvalue weighted by molar-refractivity contribution is -0.384. The summed E-state index contributed by atoms with van der Waals surface area (Å²) < 4.78 is 43.0. The summed E-state index contributed by atoms with van der Waals surface area (Å²) in [5.74, 6) is -0.946. The number of nitro groups is 1. The van der Waals surface area contributed by atoms with Crippen LogP contribution in [-0.4, -0.2) is 36.0 Å². The molecule has 0 saturated heterocycles. The molecule has 1 amide bonds. The van der Waals surface area contributed by atoms with Gasteiger partial charge in [0.2, 0.25) is 0 Å². The minimum atomic E-state index is -4.71. The number of hydrogen-bond acceptors (Lipinski definition) is 6. The molecule has 0 aliphatic carbocycles. The number of halogens is 3. The van der Waals surface area contributed by atoms with E-state index < -0.39 is 40.3 Å². The molecule has 0 fully saturated rings. The first kappa shape index (κ1) is 23.2. The molecule has 28 heavy (non-hydrogen) atoms. The molecule has 0 bridgehead atoms. The van der Waals surface area contributed by atoms with E-state index in [2.05, 4.69) is 10.6 Å². The minimum Gasteiger partial charge on any atom is -0.452 e. The van der Waals surface area contributed by atoms with Crippen LogP contribution in [0.5, 0.6) is 0 Å². The zero-order chi connectivity index (χ0) is 21.5. The number of esters is 1. The van der Waals surface area contributed by atoms with Crippen LogP contribution < -0.4 is 10.6 Å². The lowest BCUT2D eigenvalue weighted by Crippen LogP contribution is -2.37. The summed E-state index contributed by atoms with van der Waals surface area (Å²) >= 11 is 0. The third-order valence-electron chi connectivity index (χ3n) is 3.53. The largest absolute Gasteiger partial charge is 0.452 e. The first-order valence-electron chi connectivity index (χ1n) is 8.48. The van der Waals surface area contributed by atoms with E-state index in [1.54, 1.807) is 0 Å². The van der Waals surface area contributed by atoms with Crippen LogP contribution in [-0.2, 0) is 20.5 Å². The number of hydrogen-bond donors (Lipinski definition) is 2. The van der Waals surface area contributed by atoms with Crippen molar-refractivity contribution < 1.29 is 32.4 Å². The number of nitrogens with one attached hydrogen (secondary N) is 2. The number of ether oxygens (including phenoxy) is 1. The van der Waals surface area contributed by atoms with E-state index in [1.165, 1.54) is 6.92 Å². The van der Waals surface area contributed by atoms with Crippen molar-refractivity contribution in [1.82, 2.24) is 5.32 Å². The van der Waals surface area contributed by atoms with Gasteiger partial charge in [0.25, 0.3) is 11.6 Å². The highest BCUT2D eigenvalue weighted by molar-refractivity contribution is 5.83. The second-order valence-electron chi connectivity index (χ2n) is 6.43. The molecule has 8 nitrogen and oxygen atoms in total. The highest BCUT2D eigenvalue weighted by Crippen LogP contribution is 2.34. The average molecular weight is 405 g/mol. The van der Waals surface area contributed by atoms with Gasteiger partial charge in [-0.05, 0) is 25.0 Å². The molecule has 0 saturated carbocycles. The Balaban J connectivity index is 2.60. The van der Waals surface area contributed by atoms with Gasteiger partial charge in [-0.1, -0.05) is 13.8 Å². The lowest BCUT2D eigenvalue weighted by atomic mass is 10.1. The van der Waals surface area contributed by atoms with E-state index in [0.29, 0.717) is 18.7 Å². The molecule has 0 spiro atoms. The van der Waals surface area contributed by atoms with Crippen molar-refractivity contribution in [2.24, 2.45) is 5.92 Å². The zero-order valence-corrected chi connectivity index (χ0v) is 15.6. The first-order valence-corrected chi connectivity index (χ1v) is 8.48. The standard InChI is InChI=1S/C17H22F3N3O5/c1-10(2)9-22-16(25)11(3)28-15(24)6-7-21-13-5-4-12(17(18,19)20)8-14(13)23(26)27/h4-5,8,10-11,21H,6-7,9H2,1-3H3,(H,22,25)/t11-/m1/s1. The molecule has 0 aliphatic rings. The van der Waals surface area contributed by atoms with Gasteiger partial charge in [-0.15, -0.1) is 0 Å². The smallest absolute Gasteiger partial charge is 0.416 e. The van der Waals surface area contributed by atoms with Crippen LogP contribution in [0.25, 0.3) is 0 Å². The topological polar surface area (TPSA) is 111 Å². The van der Waals surface area contributed by atoms with Crippen LogP contribution in [0.2, 0.25) is 0 Å². The third-order valence-corrected chi connectivity index (χ3v) is 3.53. The molecule has 0 heterocycles. The van der Waals surface area contributed by atoms with E-state index in [4.69, 9.17) is 4.74 Å². The highest BCUT2D eigenvalue weighted by Gasteiger charge is 2.33. The number of nitrogens with zero attached hydrogens (tertiary/aromatic N) is 1. The van der Waals surface area contributed by atoms with Crippen molar-refractivity contribution in [3.8, 4) is 0 Å². The Bertz CT molecular complexity index is 722. The summed E-state index contributed by atoms with van der Waals surface area (Å²) in [6.07, 6.45) is -5.95. The number of anilines is 1. The quantitative estimate of drug-likeness (QED) is 0.371. The molecular formula is C17H22F3N3O5. The summed E-state index contributed by atoms with van der Waals surface area (Å²) in [6.45, 7) is 5.53. The van der Waals surface area contributed by atoms with Gasteiger partial charge in [-0.25, -0.2) is 0 Å². The Morgan fingerprint density at radius 1 is 1.25 bits per heavy atom. The van der Waals surface area contributed by atoms with Crippen LogP contribution in [0.1, 0.15) is 32.8 Å². The lowest BCUT2D eigenvalue weighted by Gasteiger charge is -2.15. The Morgan fingerprint density at radius 2 is 1.89 bits per heavy atom. The molecule has 1 aromatic carbocycles. The monoisotopic (exact) mass is 405 g/mol. The van der Waals surface area contributed by atoms with Gasteiger partial charge in [-0.3, -0.25) is 19.7 Å². The fourth-order valence-corrected chi connectivity index (χ4v) is 2.07.